The highest BCUT2D eigenvalue weighted by atomic mass is 31.2. The molecule has 3 amide bonds. The van der Waals surface area contributed by atoms with Gasteiger partial charge in [-0.25, -0.2) is 4.90 Å². The summed E-state index contributed by atoms with van der Waals surface area (Å²) in [5, 5.41) is 13.9. The topological polar surface area (TPSA) is 236 Å². The predicted octanol–water partition coefficient (Wildman–Crippen LogP) is -3.99. The highest BCUT2D eigenvalue weighted by molar-refractivity contribution is 7.59. The Labute approximate surface area is 194 Å². The minimum atomic E-state index is -4.34. The van der Waals surface area contributed by atoms with Crippen molar-refractivity contribution >= 4 is 33.6 Å². The third kappa shape index (κ3) is 22.5. The Morgan fingerprint density at radius 2 is 1.06 bits per heavy atom. The Hall–Kier alpha value is -1.09. The quantitative estimate of drug-likeness (QED) is 0.0578. The van der Waals surface area contributed by atoms with Crippen LogP contribution in [0.3, 0.4) is 0 Å². The fourth-order valence-corrected chi connectivity index (χ4v) is 4.15. The van der Waals surface area contributed by atoms with Crippen LogP contribution in [0.5, 0.6) is 0 Å². The van der Waals surface area contributed by atoms with E-state index in [4.69, 9.17) is 29.4 Å². The first-order valence-corrected chi connectivity index (χ1v) is 14.1. The largest absolute Gasteiger partial charge is 0.419 e. The SMILES string of the molecule is CCNCCC(=O)NCCNCCC(=O)NCCNC(=O)CN(C[P+](O)(O)O)C[P+](O)(O)O. The van der Waals surface area contributed by atoms with Crippen molar-refractivity contribution in [2.75, 3.05) is 64.9 Å². The highest BCUT2D eigenvalue weighted by Gasteiger charge is 2.41. The Morgan fingerprint density at radius 1 is 0.636 bits per heavy atom. The first kappa shape index (κ1) is 31.9. The number of amides is 3. The third-order valence-electron chi connectivity index (χ3n) is 3.85. The summed E-state index contributed by atoms with van der Waals surface area (Å²) in [7, 11) is -8.69. The number of hydrogen-bond acceptors (Lipinski definition) is 12. The summed E-state index contributed by atoms with van der Waals surface area (Å²) >= 11 is 0. The highest BCUT2D eigenvalue weighted by Crippen LogP contribution is 2.49. The summed E-state index contributed by atoms with van der Waals surface area (Å²) in [5.41, 5.74) is 0. The maximum Gasteiger partial charge on any atom is 0.419 e. The van der Waals surface area contributed by atoms with Gasteiger partial charge in [0.2, 0.25) is 17.7 Å². The Bertz CT molecular complexity index is 574. The molecule has 0 unspecified atom stereocenters. The molecule has 15 nitrogen and oxygen atoms in total. The molecular weight excluding hydrogens is 482 g/mol. The van der Waals surface area contributed by atoms with E-state index < -0.39 is 40.9 Å². The maximum atomic E-state index is 11.9. The molecule has 0 aromatic rings. The molecule has 194 valence electrons. The molecule has 0 atom stereocenters. The van der Waals surface area contributed by atoms with E-state index in [0.717, 1.165) is 11.4 Å². The van der Waals surface area contributed by atoms with Crippen molar-refractivity contribution in [3.05, 3.63) is 0 Å². The smallest absolute Gasteiger partial charge is 0.355 e. The zero-order valence-corrected chi connectivity index (χ0v) is 20.5. The molecule has 0 aliphatic heterocycles. The summed E-state index contributed by atoms with van der Waals surface area (Å²) in [4.78, 5) is 90.5. The summed E-state index contributed by atoms with van der Waals surface area (Å²) in [6.07, 6.45) is -1.05. The lowest BCUT2D eigenvalue weighted by molar-refractivity contribution is -0.123. The predicted molar refractivity (Wildman–Crippen MR) is 123 cm³/mol. The number of carbonyl (C=O) groups excluding carboxylic acids is 3. The standard InChI is InChI=1S/C16H36N6O9P2/c1-2-17-5-3-14(23)19-8-7-18-6-4-15(24)20-9-10-21-16(25)11-22(12-32(26,27)28)13-33(29,30)31/h17-18,26-31H,2-13H2,1H3,(H-2,19,20,21,23,24,25)/p+2. The second-order valence-corrected chi connectivity index (χ2v) is 10.5. The van der Waals surface area contributed by atoms with E-state index in [1.807, 2.05) is 6.92 Å². The molecule has 0 aliphatic carbocycles. The van der Waals surface area contributed by atoms with Gasteiger partial charge in [0.05, 0.1) is 6.54 Å². The summed E-state index contributed by atoms with van der Waals surface area (Å²) in [6.45, 7) is 4.41. The molecule has 0 rings (SSSR count). The van der Waals surface area contributed by atoms with E-state index in [1.54, 1.807) is 0 Å². The minimum Gasteiger partial charge on any atom is -0.355 e. The lowest BCUT2D eigenvalue weighted by Gasteiger charge is -2.20. The van der Waals surface area contributed by atoms with Crippen molar-refractivity contribution in [1.82, 2.24) is 31.5 Å². The molecule has 0 heterocycles. The van der Waals surface area contributed by atoms with E-state index >= 15 is 0 Å². The van der Waals surface area contributed by atoms with Crippen molar-refractivity contribution in [2.24, 2.45) is 0 Å². The molecule has 33 heavy (non-hydrogen) atoms. The molecule has 0 saturated carbocycles. The van der Waals surface area contributed by atoms with Crippen LogP contribution in [0, 0.1) is 0 Å². The van der Waals surface area contributed by atoms with Crippen LogP contribution in [0.2, 0.25) is 0 Å². The minimum absolute atomic E-state index is 0.0456. The second-order valence-electron chi connectivity index (χ2n) is 7.15. The zero-order valence-electron chi connectivity index (χ0n) is 18.7. The van der Waals surface area contributed by atoms with Gasteiger partial charge >= 0.3 is 15.9 Å². The van der Waals surface area contributed by atoms with Gasteiger partial charge in [0, 0.05) is 52.1 Å². The van der Waals surface area contributed by atoms with Crippen molar-refractivity contribution in [3.8, 4) is 0 Å². The lowest BCUT2D eigenvalue weighted by atomic mass is 10.3. The average Bonchev–Trinajstić information content (AvgIpc) is 2.65. The number of nitrogens with one attached hydrogen (secondary N) is 5. The molecule has 0 aromatic heterocycles. The number of rotatable bonds is 19. The normalized spacial score (nSPS) is 12.0. The van der Waals surface area contributed by atoms with Crippen LogP contribution in [-0.4, -0.2) is 117 Å². The summed E-state index contributed by atoms with van der Waals surface area (Å²) < 4.78 is 0. The van der Waals surface area contributed by atoms with Crippen LogP contribution in [0.25, 0.3) is 0 Å². The molecule has 0 bridgehead atoms. The van der Waals surface area contributed by atoms with Gasteiger partial charge in [0.1, 0.15) is 0 Å². The molecular formula is C16H38N6O9P2+2. The number of hydrogen-bond donors (Lipinski definition) is 11. The van der Waals surface area contributed by atoms with E-state index in [-0.39, 0.29) is 31.3 Å². The molecule has 0 spiro atoms. The van der Waals surface area contributed by atoms with Crippen LogP contribution in [0.4, 0.5) is 0 Å². The number of carbonyl (C=O) groups is 3. The third-order valence-corrected chi connectivity index (χ3v) is 5.41. The van der Waals surface area contributed by atoms with Gasteiger partial charge in [-0.15, -0.1) is 0 Å². The van der Waals surface area contributed by atoms with Gasteiger partial charge in [-0.3, -0.25) is 14.4 Å². The van der Waals surface area contributed by atoms with Crippen LogP contribution in [0.1, 0.15) is 19.8 Å². The molecule has 11 N–H and O–H groups in total. The van der Waals surface area contributed by atoms with Crippen molar-refractivity contribution < 1.29 is 43.7 Å². The Morgan fingerprint density at radius 3 is 1.52 bits per heavy atom. The van der Waals surface area contributed by atoms with Crippen LogP contribution < -0.4 is 26.6 Å². The first-order valence-electron chi connectivity index (χ1n) is 10.4. The maximum absolute atomic E-state index is 11.9. The van der Waals surface area contributed by atoms with Crippen molar-refractivity contribution in [2.45, 2.75) is 19.8 Å². The second kappa shape index (κ2) is 17.4. The molecule has 0 aromatic carbocycles. The van der Waals surface area contributed by atoms with Gasteiger partial charge in [-0.1, -0.05) is 6.92 Å². The van der Waals surface area contributed by atoms with Gasteiger partial charge in [-0.05, 0) is 6.54 Å². The van der Waals surface area contributed by atoms with Crippen LogP contribution in [-0.2, 0) is 14.4 Å². The van der Waals surface area contributed by atoms with Crippen molar-refractivity contribution in [1.29, 1.82) is 0 Å². The van der Waals surface area contributed by atoms with Gasteiger partial charge < -0.3 is 26.6 Å². The monoisotopic (exact) mass is 520 g/mol. The summed E-state index contributed by atoms with van der Waals surface area (Å²) in [6, 6.07) is 0. The molecule has 0 radical (unpaired) electrons. The van der Waals surface area contributed by atoms with Gasteiger partial charge in [0.15, 0.2) is 12.6 Å². The van der Waals surface area contributed by atoms with Crippen molar-refractivity contribution in [3.63, 3.8) is 0 Å². The van der Waals surface area contributed by atoms with E-state index in [1.165, 1.54) is 0 Å². The lowest BCUT2D eigenvalue weighted by Crippen LogP contribution is -2.42. The molecule has 17 heteroatoms. The zero-order chi connectivity index (χ0) is 25.3. The molecule has 0 fully saturated rings. The van der Waals surface area contributed by atoms with Crippen LogP contribution in [0.15, 0.2) is 0 Å². The van der Waals surface area contributed by atoms with Gasteiger partial charge in [0.25, 0.3) is 0 Å². The first-order chi connectivity index (χ1) is 15.3. The fraction of sp³-hybridized carbons (Fsp3) is 0.812. The van der Waals surface area contributed by atoms with E-state index in [9.17, 15) is 14.4 Å². The van der Waals surface area contributed by atoms with Gasteiger partial charge in [-0.2, -0.15) is 29.4 Å². The molecule has 0 aliphatic rings. The Kier molecular flexibility index (Phi) is 16.8. The fourth-order valence-electron chi connectivity index (χ4n) is 2.52. The summed E-state index contributed by atoms with van der Waals surface area (Å²) in [5.74, 6) is -0.949. The average molecular weight is 520 g/mol. The van der Waals surface area contributed by atoms with E-state index in [0.29, 0.717) is 32.6 Å². The Balaban J connectivity index is 3.89. The van der Waals surface area contributed by atoms with E-state index in [2.05, 4.69) is 26.6 Å². The molecule has 0 saturated heterocycles. The number of nitrogens with zero attached hydrogens (tertiary/aromatic N) is 1. The van der Waals surface area contributed by atoms with Crippen LogP contribution >= 0.6 is 15.9 Å².